The maximum atomic E-state index is 13.0. The lowest BCUT2D eigenvalue weighted by Gasteiger charge is -2.20. The van der Waals surface area contributed by atoms with Gasteiger partial charge in [-0.15, -0.1) is 0 Å². The standard InChI is InChI=1S/C31H32N4O5/c1-38-26-14-20(15-27(39-2)28(26)40-3)30(36)33-22-10-11-24-25(16-22)35-29(34-24)18-6-8-21(9-7-18)32-31(37)23-13-17-4-5-19(23)12-17/h6-11,14-17,19,23H,4-5,12-13H2,1-3H3,(H,32,37)(H,33,36)(H,34,35). The van der Waals surface area contributed by atoms with Crippen LogP contribution in [-0.4, -0.2) is 43.1 Å². The minimum absolute atomic E-state index is 0.143. The minimum Gasteiger partial charge on any atom is -0.493 e. The first kappa shape index (κ1) is 25.7. The number of benzene rings is 3. The second-order valence-corrected chi connectivity index (χ2v) is 10.5. The predicted molar refractivity (Wildman–Crippen MR) is 153 cm³/mol. The molecule has 9 nitrogen and oxygen atoms in total. The number of carbonyl (C=O) groups is 2. The molecule has 3 unspecified atom stereocenters. The Hall–Kier alpha value is -4.53. The van der Waals surface area contributed by atoms with Crippen LogP contribution >= 0.6 is 0 Å². The maximum absolute atomic E-state index is 13.0. The summed E-state index contributed by atoms with van der Waals surface area (Å²) in [6.07, 6.45) is 4.70. The zero-order chi connectivity index (χ0) is 27.8. The van der Waals surface area contributed by atoms with Gasteiger partial charge in [-0.25, -0.2) is 4.98 Å². The molecule has 206 valence electrons. The van der Waals surface area contributed by atoms with Gasteiger partial charge in [0.1, 0.15) is 5.82 Å². The number of rotatable bonds is 8. The van der Waals surface area contributed by atoms with Crippen LogP contribution in [-0.2, 0) is 4.79 Å². The lowest BCUT2D eigenvalue weighted by molar-refractivity contribution is -0.121. The van der Waals surface area contributed by atoms with Gasteiger partial charge < -0.3 is 29.8 Å². The van der Waals surface area contributed by atoms with Crippen LogP contribution in [0.3, 0.4) is 0 Å². The van der Waals surface area contributed by atoms with Gasteiger partial charge in [0.15, 0.2) is 11.5 Å². The first-order valence-corrected chi connectivity index (χ1v) is 13.5. The van der Waals surface area contributed by atoms with E-state index in [0.29, 0.717) is 40.2 Å². The van der Waals surface area contributed by atoms with Crippen molar-refractivity contribution in [3.63, 3.8) is 0 Å². The van der Waals surface area contributed by atoms with Crippen LogP contribution in [0.2, 0.25) is 0 Å². The Kier molecular flexibility index (Phi) is 6.79. The Morgan fingerprint density at radius 3 is 2.20 bits per heavy atom. The van der Waals surface area contributed by atoms with Gasteiger partial charge in [-0.3, -0.25) is 9.59 Å². The Labute approximate surface area is 232 Å². The van der Waals surface area contributed by atoms with E-state index < -0.39 is 0 Å². The van der Waals surface area contributed by atoms with Crippen molar-refractivity contribution in [3.05, 3.63) is 60.2 Å². The molecule has 1 aromatic heterocycles. The molecule has 40 heavy (non-hydrogen) atoms. The third kappa shape index (κ3) is 4.83. The maximum Gasteiger partial charge on any atom is 0.255 e. The quantitative estimate of drug-likeness (QED) is 0.257. The highest BCUT2D eigenvalue weighted by Crippen LogP contribution is 2.48. The number of nitrogens with zero attached hydrogens (tertiary/aromatic N) is 1. The smallest absolute Gasteiger partial charge is 0.255 e. The SMILES string of the molecule is COc1cc(C(=O)Nc2ccc3nc(-c4ccc(NC(=O)C5CC6CCC5C6)cc4)[nH]c3c2)cc(OC)c1OC. The summed E-state index contributed by atoms with van der Waals surface area (Å²) in [6.45, 7) is 0. The van der Waals surface area contributed by atoms with E-state index in [2.05, 4.69) is 15.6 Å². The number of fused-ring (bicyclic) bond motifs is 3. The minimum atomic E-state index is -0.318. The van der Waals surface area contributed by atoms with Crippen molar-refractivity contribution < 1.29 is 23.8 Å². The molecule has 2 fully saturated rings. The second kappa shape index (κ2) is 10.6. The second-order valence-electron chi connectivity index (χ2n) is 10.5. The van der Waals surface area contributed by atoms with Crippen LogP contribution in [0.1, 0.15) is 36.0 Å². The molecule has 0 aliphatic heterocycles. The Balaban J connectivity index is 1.15. The number of anilines is 2. The van der Waals surface area contributed by atoms with E-state index in [1.807, 2.05) is 36.4 Å². The first-order valence-electron chi connectivity index (χ1n) is 13.5. The van der Waals surface area contributed by atoms with E-state index in [1.54, 1.807) is 18.2 Å². The average Bonchev–Trinajstić information content (AvgIpc) is 3.72. The third-order valence-corrected chi connectivity index (χ3v) is 8.17. The molecule has 0 spiro atoms. The van der Waals surface area contributed by atoms with Crippen LogP contribution in [0.25, 0.3) is 22.4 Å². The fraction of sp³-hybridized carbons (Fsp3) is 0.323. The van der Waals surface area contributed by atoms with Crippen LogP contribution in [0.5, 0.6) is 17.2 Å². The lowest BCUT2D eigenvalue weighted by atomic mass is 9.88. The topological polar surface area (TPSA) is 115 Å². The monoisotopic (exact) mass is 540 g/mol. The van der Waals surface area contributed by atoms with Crippen molar-refractivity contribution in [2.45, 2.75) is 25.7 Å². The number of methoxy groups -OCH3 is 3. The Morgan fingerprint density at radius 2 is 1.57 bits per heavy atom. The average molecular weight is 541 g/mol. The van der Waals surface area contributed by atoms with Crippen LogP contribution in [0, 0.1) is 17.8 Å². The molecule has 0 saturated heterocycles. The summed E-state index contributed by atoms with van der Waals surface area (Å²) in [6, 6.07) is 16.4. The van der Waals surface area contributed by atoms with Crippen molar-refractivity contribution >= 4 is 34.2 Å². The number of ether oxygens (including phenoxy) is 3. The normalized spacial score (nSPS) is 19.4. The highest BCUT2D eigenvalue weighted by Gasteiger charge is 2.43. The fourth-order valence-electron chi connectivity index (χ4n) is 6.15. The largest absolute Gasteiger partial charge is 0.493 e. The molecule has 2 aliphatic carbocycles. The molecule has 3 N–H and O–H groups in total. The number of H-pyrrole nitrogens is 1. The van der Waals surface area contributed by atoms with Gasteiger partial charge in [0.2, 0.25) is 11.7 Å². The highest BCUT2D eigenvalue weighted by molar-refractivity contribution is 6.06. The molecule has 9 heteroatoms. The molecular formula is C31H32N4O5. The van der Waals surface area contributed by atoms with Crippen molar-refractivity contribution in [2.24, 2.45) is 17.8 Å². The molecule has 2 aliphatic rings. The Morgan fingerprint density at radius 1 is 0.850 bits per heavy atom. The summed E-state index contributed by atoms with van der Waals surface area (Å²) in [5.74, 6) is 3.19. The van der Waals surface area contributed by atoms with E-state index >= 15 is 0 Å². The molecule has 2 saturated carbocycles. The number of aromatic nitrogens is 2. The number of carbonyl (C=O) groups excluding carboxylic acids is 2. The van der Waals surface area contributed by atoms with Crippen molar-refractivity contribution in [1.29, 1.82) is 0 Å². The van der Waals surface area contributed by atoms with E-state index in [1.165, 1.54) is 40.6 Å². The summed E-state index contributed by atoms with van der Waals surface area (Å²) < 4.78 is 16.1. The van der Waals surface area contributed by atoms with Crippen LogP contribution in [0.4, 0.5) is 11.4 Å². The van der Waals surface area contributed by atoms with E-state index in [4.69, 9.17) is 19.2 Å². The van der Waals surface area contributed by atoms with Gasteiger partial charge in [-0.1, -0.05) is 6.42 Å². The van der Waals surface area contributed by atoms with Crippen LogP contribution < -0.4 is 24.8 Å². The van der Waals surface area contributed by atoms with Gasteiger partial charge in [0, 0.05) is 28.4 Å². The van der Waals surface area contributed by atoms with Gasteiger partial charge >= 0.3 is 0 Å². The summed E-state index contributed by atoms with van der Waals surface area (Å²) in [5, 5.41) is 6.02. The lowest BCUT2D eigenvalue weighted by Crippen LogP contribution is -2.27. The Bertz CT molecular complexity index is 1550. The number of hydrogen-bond acceptors (Lipinski definition) is 6. The number of nitrogens with one attached hydrogen (secondary N) is 3. The van der Waals surface area contributed by atoms with E-state index in [9.17, 15) is 9.59 Å². The van der Waals surface area contributed by atoms with Crippen molar-refractivity contribution in [1.82, 2.24) is 9.97 Å². The summed E-state index contributed by atoms with van der Waals surface area (Å²) in [7, 11) is 4.53. The first-order chi connectivity index (χ1) is 19.4. The van der Waals surface area contributed by atoms with E-state index in [-0.39, 0.29) is 17.7 Å². The molecule has 1 heterocycles. The molecule has 3 aromatic carbocycles. The van der Waals surface area contributed by atoms with Crippen molar-refractivity contribution in [2.75, 3.05) is 32.0 Å². The van der Waals surface area contributed by atoms with Gasteiger partial charge in [0.25, 0.3) is 5.91 Å². The van der Waals surface area contributed by atoms with E-state index in [0.717, 1.165) is 34.6 Å². The molecule has 3 atom stereocenters. The van der Waals surface area contributed by atoms with Gasteiger partial charge in [0.05, 0.1) is 32.4 Å². The summed E-state index contributed by atoms with van der Waals surface area (Å²) >= 11 is 0. The molecule has 6 rings (SSSR count). The predicted octanol–water partition coefficient (Wildman–Crippen LogP) is 5.88. The molecule has 4 aromatic rings. The van der Waals surface area contributed by atoms with Crippen molar-refractivity contribution in [3.8, 4) is 28.6 Å². The van der Waals surface area contributed by atoms with Crippen LogP contribution in [0.15, 0.2) is 54.6 Å². The summed E-state index contributed by atoms with van der Waals surface area (Å²) in [4.78, 5) is 33.9. The van der Waals surface area contributed by atoms with Gasteiger partial charge in [-0.05, 0) is 85.7 Å². The fourth-order valence-corrected chi connectivity index (χ4v) is 6.15. The zero-order valence-corrected chi connectivity index (χ0v) is 22.7. The number of amides is 2. The molecule has 2 bridgehead atoms. The summed E-state index contributed by atoms with van der Waals surface area (Å²) in [5.41, 5.74) is 4.23. The molecule has 0 radical (unpaired) electrons. The number of imidazole rings is 1. The van der Waals surface area contributed by atoms with Gasteiger partial charge in [-0.2, -0.15) is 0 Å². The zero-order valence-electron chi connectivity index (χ0n) is 22.7. The number of hydrogen-bond donors (Lipinski definition) is 3. The molecule has 2 amide bonds. The number of aromatic amines is 1. The molecular weight excluding hydrogens is 508 g/mol. The third-order valence-electron chi connectivity index (χ3n) is 8.17. The highest BCUT2D eigenvalue weighted by atomic mass is 16.5.